The second-order valence-corrected chi connectivity index (χ2v) is 11.0. The van der Waals surface area contributed by atoms with Crippen molar-refractivity contribution in [3.05, 3.63) is 99.3 Å². The zero-order valence-corrected chi connectivity index (χ0v) is 23.9. The van der Waals surface area contributed by atoms with Crippen molar-refractivity contribution in [1.82, 2.24) is 9.78 Å². The number of rotatable bonds is 8. The molecule has 0 saturated heterocycles. The highest BCUT2D eigenvalue weighted by Crippen LogP contribution is 2.36. The predicted octanol–water partition coefficient (Wildman–Crippen LogP) is 7.42. The maximum atomic E-state index is 13.3. The largest absolute Gasteiger partial charge is 0.493 e. The van der Waals surface area contributed by atoms with E-state index in [1.807, 2.05) is 27.9 Å². The van der Waals surface area contributed by atoms with E-state index in [2.05, 4.69) is 90.5 Å². The van der Waals surface area contributed by atoms with E-state index in [0.29, 0.717) is 19.4 Å². The summed E-state index contributed by atoms with van der Waals surface area (Å²) in [4.78, 5) is 15.2. The Kier molecular flexibility index (Phi) is 7.98. The third-order valence-electron chi connectivity index (χ3n) is 7.39. The first kappa shape index (κ1) is 26.2. The van der Waals surface area contributed by atoms with Crippen LogP contribution < -0.4 is 9.64 Å². The molecule has 1 aromatic heterocycles. The van der Waals surface area contributed by atoms with Crippen LogP contribution in [0.2, 0.25) is 0 Å². The zero-order valence-electron chi connectivity index (χ0n) is 22.3. The number of aromatic nitrogens is 2. The van der Waals surface area contributed by atoms with Gasteiger partial charge in [0.2, 0.25) is 5.91 Å². The van der Waals surface area contributed by atoms with Gasteiger partial charge in [-0.25, -0.2) is 0 Å². The van der Waals surface area contributed by atoms with Gasteiger partial charge in [-0.3, -0.25) is 9.48 Å². The zero-order chi connectivity index (χ0) is 26.6. The van der Waals surface area contributed by atoms with Crippen molar-refractivity contribution < 1.29 is 9.53 Å². The first-order valence-corrected chi connectivity index (χ1v) is 14.1. The van der Waals surface area contributed by atoms with Crippen LogP contribution in [0, 0.1) is 20.8 Å². The highest BCUT2D eigenvalue weighted by Gasteiger charge is 2.24. The molecule has 0 bridgehead atoms. The minimum absolute atomic E-state index is 0.158. The van der Waals surface area contributed by atoms with Crippen LogP contribution in [-0.4, -0.2) is 28.8 Å². The van der Waals surface area contributed by atoms with Gasteiger partial charge in [0.15, 0.2) is 0 Å². The number of hydrogen-bond donors (Lipinski definition) is 0. The summed E-state index contributed by atoms with van der Waals surface area (Å²) in [5.74, 6) is 1.04. The third-order valence-corrected chi connectivity index (χ3v) is 8.25. The fourth-order valence-electron chi connectivity index (χ4n) is 5.20. The number of halogens is 1. The summed E-state index contributed by atoms with van der Waals surface area (Å²) in [6.45, 7) is 8.27. The molecule has 3 aromatic carbocycles. The van der Waals surface area contributed by atoms with Crippen LogP contribution in [0.1, 0.15) is 47.1 Å². The van der Waals surface area contributed by atoms with Gasteiger partial charge in [0.25, 0.3) is 0 Å². The lowest BCUT2D eigenvalue weighted by Crippen LogP contribution is -2.35. The molecule has 1 aliphatic rings. The summed E-state index contributed by atoms with van der Waals surface area (Å²) in [6, 6.07) is 18.8. The summed E-state index contributed by atoms with van der Waals surface area (Å²) < 4.78 is 9.08. The number of carbonyl (C=O) groups excluding carboxylic acids is 1. The van der Waals surface area contributed by atoms with Gasteiger partial charge in [-0.2, -0.15) is 5.10 Å². The van der Waals surface area contributed by atoms with Crippen molar-refractivity contribution >= 4 is 27.5 Å². The average Bonchev–Trinajstić information content (AvgIpc) is 3.38. The third kappa shape index (κ3) is 5.70. The molecule has 5 nitrogen and oxygen atoms in total. The van der Waals surface area contributed by atoms with E-state index in [1.54, 1.807) is 0 Å². The standard InChI is InChI=1S/C32H34BrN3O2/c1-22-8-4-9-25(18-22)20-35-21-26(19-34-35)27-10-5-12-30-28(27)11-6-16-36(30)32(37)13-7-17-38-31-15-14-29(33)23(2)24(31)3/h4-5,8-10,12,14-15,18-19,21H,6-7,11,13,16-17,20H2,1-3H3. The van der Waals surface area contributed by atoms with Crippen LogP contribution in [0.15, 0.2) is 71.5 Å². The lowest BCUT2D eigenvalue weighted by molar-refractivity contribution is -0.118. The molecule has 5 rings (SSSR count). The lowest BCUT2D eigenvalue weighted by Gasteiger charge is -2.31. The Morgan fingerprint density at radius 2 is 1.89 bits per heavy atom. The van der Waals surface area contributed by atoms with E-state index >= 15 is 0 Å². The Labute approximate surface area is 233 Å². The smallest absolute Gasteiger partial charge is 0.227 e. The second-order valence-electron chi connectivity index (χ2n) is 10.1. The normalized spacial score (nSPS) is 12.9. The number of carbonyl (C=O) groups is 1. The van der Waals surface area contributed by atoms with Crippen molar-refractivity contribution in [3.8, 4) is 16.9 Å². The topological polar surface area (TPSA) is 47.4 Å². The van der Waals surface area contributed by atoms with Gasteiger partial charge < -0.3 is 9.64 Å². The van der Waals surface area contributed by atoms with E-state index in [1.165, 1.54) is 27.8 Å². The van der Waals surface area contributed by atoms with Gasteiger partial charge in [0.05, 0.1) is 19.3 Å². The number of amides is 1. The molecule has 38 heavy (non-hydrogen) atoms. The first-order chi connectivity index (χ1) is 18.4. The van der Waals surface area contributed by atoms with E-state index in [9.17, 15) is 4.79 Å². The van der Waals surface area contributed by atoms with Crippen molar-refractivity contribution in [2.45, 2.75) is 53.0 Å². The van der Waals surface area contributed by atoms with Gasteiger partial charge in [-0.05, 0) is 86.1 Å². The number of nitrogens with zero attached hydrogens (tertiary/aromatic N) is 3. The Hall–Kier alpha value is -3.38. The van der Waals surface area contributed by atoms with E-state index in [-0.39, 0.29) is 5.91 Å². The quantitative estimate of drug-likeness (QED) is 0.207. The van der Waals surface area contributed by atoms with E-state index < -0.39 is 0 Å². The molecule has 0 unspecified atom stereocenters. The molecule has 0 atom stereocenters. The summed E-state index contributed by atoms with van der Waals surface area (Å²) in [5, 5.41) is 4.63. The maximum Gasteiger partial charge on any atom is 0.227 e. The number of fused-ring (bicyclic) bond motifs is 1. The Bertz CT molecular complexity index is 1460. The Morgan fingerprint density at radius 1 is 1.05 bits per heavy atom. The molecular weight excluding hydrogens is 538 g/mol. The van der Waals surface area contributed by atoms with E-state index in [4.69, 9.17) is 4.74 Å². The van der Waals surface area contributed by atoms with Crippen LogP contribution in [0.25, 0.3) is 11.1 Å². The molecule has 1 aliphatic heterocycles. The number of benzene rings is 3. The lowest BCUT2D eigenvalue weighted by atomic mass is 9.93. The Morgan fingerprint density at radius 3 is 2.74 bits per heavy atom. The number of anilines is 1. The molecule has 196 valence electrons. The number of aryl methyl sites for hydroxylation is 1. The number of ether oxygens (including phenoxy) is 1. The highest BCUT2D eigenvalue weighted by molar-refractivity contribution is 9.10. The maximum absolute atomic E-state index is 13.3. The van der Waals surface area contributed by atoms with Crippen LogP contribution >= 0.6 is 15.9 Å². The van der Waals surface area contributed by atoms with Gasteiger partial charge in [0.1, 0.15) is 5.75 Å². The molecule has 0 radical (unpaired) electrons. The fourth-order valence-corrected chi connectivity index (χ4v) is 5.63. The Balaban J connectivity index is 1.25. The van der Waals surface area contributed by atoms with Crippen LogP contribution in [-0.2, 0) is 17.8 Å². The molecule has 0 spiro atoms. The monoisotopic (exact) mass is 571 g/mol. The first-order valence-electron chi connectivity index (χ1n) is 13.3. The van der Waals surface area contributed by atoms with Gasteiger partial charge in [0, 0.05) is 34.9 Å². The van der Waals surface area contributed by atoms with Crippen LogP contribution in [0.5, 0.6) is 5.75 Å². The van der Waals surface area contributed by atoms with Crippen LogP contribution in [0.3, 0.4) is 0 Å². The SMILES string of the molecule is Cc1cccc(Cn2cc(-c3cccc4c3CCCN4C(=O)CCCOc3ccc(Br)c(C)c3C)cn2)c1. The van der Waals surface area contributed by atoms with Crippen molar-refractivity contribution in [2.75, 3.05) is 18.1 Å². The molecule has 0 N–H and O–H groups in total. The summed E-state index contributed by atoms with van der Waals surface area (Å²) >= 11 is 3.56. The molecule has 0 aliphatic carbocycles. The highest BCUT2D eigenvalue weighted by atomic mass is 79.9. The average molecular weight is 573 g/mol. The minimum atomic E-state index is 0.158. The van der Waals surface area contributed by atoms with Gasteiger partial charge in [-0.1, -0.05) is 57.9 Å². The summed E-state index contributed by atoms with van der Waals surface area (Å²) in [7, 11) is 0. The summed E-state index contributed by atoms with van der Waals surface area (Å²) in [5.41, 5.74) is 9.33. The van der Waals surface area contributed by atoms with Crippen molar-refractivity contribution in [2.24, 2.45) is 0 Å². The molecule has 1 amide bonds. The van der Waals surface area contributed by atoms with Gasteiger partial charge >= 0.3 is 0 Å². The van der Waals surface area contributed by atoms with Crippen molar-refractivity contribution in [3.63, 3.8) is 0 Å². The van der Waals surface area contributed by atoms with E-state index in [0.717, 1.165) is 53.0 Å². The molecule has 2 heterocycles. The number of hydrogen-bond acceptors (Lipinski definition) is 3. The second kappa shape index (κ2) is 11.6. The molecular formula is C32H34BrN3O2. The molecule has 0 fully saturated rings. The molecule has 6 heteroatoms. The minimum Gasteiger partial charge on any atom is -0.493 e. The molecule has 0 saturated carbocycles. The van der Waals surface area contributed by atoms with Crippen molar-refractivity contribution in [1.29, 1.82) is 0 Å². The predicted molar refractivity (Wildman–Crippen MR) is 157 cm³/mol. The molecule has 4 aromatic rings. The van der Waals surface area contributed by atoms with Gasteiger partial charge in [-0.15, -0.1) is 0 Å². The fraction of sp³-hybridized carbons (Fsp3) is 0.312. The summed E-state index contributed by atoms with van der Waals surface area (Å²) in [6.07, 6.45) is 7.12. The van der Waals surface area contributed by atoms with Crippen LogP contribution in [0.4, 0.5) is 5.69 Å².